The smallest absolute Gasteiger partial charge is 0.247 e. The van der Waals surface area contributed by atoms with Gasteiger partial charge in [-0.05, 0) is 56.5 Å². The maximum atomic E-state index is 12.6. The van der Waals surface area contributed by atoms with E-state index < -0.39 is 0 Å². The third-order valence-corrected chi connectivity index (χ3v) is 4.64. The van der Waals surface area contributed by atoms with Gasteiger partial charge in [0.15, 0.2) is 6.61 Å². The minimum atomic E-state index is -0.0140. The molecule has 0 N–H and O–H groups in total. The quantitative estimate of drug-likeness (QED) is 0.550. The summed E-state index contributed by atoms with van der Waals surface area (Å²) in [6.45, 7) is 9.39. The fourth-order valence-corrected chi connectivity index (χ4v) is 3.03. The maximum Gasteiger partial charge on any atom is 0.247 e. The largest absolute Gasteiger partial charge is 0.485 e. The lowest BCUT2D eigenvalue weighted by Crippen LogP contribution is -2.13. The Labute approximate surface area is 159 Å². The van der Waals surface area contributed by atoms with Gasteiger partial charge >= 0.3 is 0 Å². The molecule has 0 unspecified atom stereocenters. The highest BCUT2D eigenvalue weighted by Crippen LogP contribution is 2.21. The van der Waals surface area contributed by atoms with Crippen LogP contribution >= 0.6 is 0 Å². The molecule has 0 aliphatic heterocycles. The molecule has 27 heavy (non-hydrogen) atoms. The Bertz CT molecular complexity index is 894. The molecule has 0 aliphatic carbocycles. The summed E-state index contributed by atoms with van der Waals surface area (Å²) < 4.78 is 13.0. The highest BCUT2D eigenvalue weighted by molar-refractivity contribution is 5.98. The summed E-state index contributed by atoms with van der Waals surface area (Å²) in [5.41, 5.74) is 3.66. The van der Waals surface area contributed by atoms with Crippen molar-refractivity contribution in [2.24, 2.45) is 5.92 Å². The summed E-state index contributed by atoms with van der Waals surface area (Å²) in [5.74, 6) is 1.69. The third-order valence-electron chi connectivity index (χ3n) is 4.64. The minimum absolute atomic E-state index is 0.00831. The SMILES string of the molecule is Cc1cc(C(=O)COc2ccc(-c3nnco3)cc2)c(C)n1CCC(C)C. The van der Waals surface area contributed by atoms with Crippen molar-refractivity contribution in [1.82, 2.24) is 14.8 Å². The molecular formula is C21H25N3O3. The highest BCUT2D eigenvalue weighted by Gasteiger charge is 2.16. The molecule has 0 atom stereocenters. The predicted molar refractivity (Wildman–Crippen MR) is 103 cm³/mol. The second kappa shape index (κ2) is 8.20. The van der Waals surface area contributed by atoms with Crippen LogP contribution in [-0.2, 0) is 6.54 Å². The fraction of sp³-hybridized carbons (Fsp3) is 0.381. The van der Waals surface area contributed by atoms with Crippen molar-refractivity contribution in [3.05, 3.63) is 53.7 Å². The number of carbonyl (C=O) groups excluding carboxylic acids is 1. The van der Waals surface area contributed by atoms with Gasteiger partial charge in [0, 0.05) is 29.1 Å². The number of ether oxygens (including phenoxy) is 1. The molecule has 0 saturated heterocycles. The first-order chi connectivity index (χ1) is 13.0. The summed E-state index contributed by atoms with van der Waals surface area (Å²) >= 11 is 0. The molecule has 2 aromatic heterocycles. The summed E-state index contributed by atoms with van der Waals surface area (Å²) in [7, 11) is 0. The van der Waals surface area contributed by atoms with Gasteiger partial charge < -0.3 is 13.7 Å². The van der Waals surface area contributed by atoms with Gasteiger partial charge in [-0.3, -0.25) is 4.79 Å². The van der Waals surface area contributed by atoms with Crippen molar-refractivity contribution in [3.8, 4) is 17.2 Å². The van der Waals surface area contributed by atoms with Crippen molar-refractivity contribution < 1.29 is 13.9 Å². The Hall–Kier alpha value is -2.89. The maximum absolute atomic E-state index is 12.6. The minimum Gasteiger partial charge on any atom is -0.485 e. The van der Waals surface area contributed by atoms with Gasteiger partial charge in [-0.1, -0.05) is 13.8 Å². The van der Waals surface area contributed by atoms with Crippen LogP contribution in [-0.4, -0.2) is 27.2 Å². The van der Waals surface area contributed by atoms with Gasteiger partial charge in [-0.25, -0.2) is 0 Å². The van der Waals surface area contributed by atoms with Gasteiger partial charge in [0.25, 0.3) is 0 Å². The molecule has 0 amide bonds. The third kappa shape index (κ3) is 4.45. The molecule has 0 aliphatic rings. The number of ketones is 1. The second-order valence-corrected chi connectivity index (χ2v) is 7.10. The lowest BCUT2D eigenvalue weighted by molar-refractivity contribution is 0.0921. The Balaban J connectivity index is 1.63. The molecule has 0 radical (unpaired) electrons. The molecule has 3 aromatic rings. The number of carbonyl (C=O) groups is 1. The summed E-state index contributed by atoms with van der Waals surface area (Å²) in [6.07, 6.45) is 2.38. The lowest BCUT2D eigenvalue weighted by Gasteiger charge is -2.11. The van der Waals surface area contributed by atoms with Crippen LogP contribution in [0.25, 0.3) is 11.5 Å². The summed E-state index contributed by atoms with van der Waals surface area (Å²) in [5, 5.41) is 7.52. The van der Waals surface area contributed by atoms with Crippen molar-refractivity contribution in [2.45, 2.75) is 40.7 Å². The number of hydrogen-bond donors (Lipinski definition) is 0. The molecule has 6 heteroatoms. The average Bonchev–Trinajstić information content (AvgIpc) is 3.27. The molecule has 1 aromatic carbocycles. The van der Waals surface area contributed by atoms with Gasteiger partial charge in [-0.15, -0.1) is 10.2 Å². The number of hydrogen-bond acceptors (Lipinski definition) is 5. The molecule has 0 fully saturated rings. The van der Waals surface area contributed by atoms with Gasteiger partial charge in [0.2, 0.25) is 18.1 Å². The average molecular weight is 367 g/mol. The Morgan fingerprint density at radius 3 is 2.59 bits per heavy atom. The summed E-state index contributed by atoms with van der Waals surface area (Å²) in [6, 6.07) is 9.19. The monoisotopic (exact) mass is 367 g/mol. The number of aryl methyl sites for hydroxylation is 1. The van der Waals surface area contributed by atoms with Crippen LogP contribution in [0.3, 0.4) is 0 Å². The molecule has 6 nitrogen and oxygen atoms in total. The van der Waals surface area contributed by atoms with Crippen LogP contribution in [0.4, 0.5) is 0 Å². The number of Topliss-reactive ketones (excluding diaryl/α,β-unsaturated/α-hetero) is 1. The first-order valence-corrected chi connectivity index (χ1v) is 9.15. The Kier molecular flexibility index (Phi) is 5.74. The highest BCUT2D eigenvalue weighted by atomic mass is 16.5. The number of aromatic nitrogens is 3. The van der Waals surface area contributed by atoms with Gasteiger partial charge in [0.1, 0.15) is 5.75 Å². The zero-order valence-corrected chi connectivity index (χ0v) is 16.2. The van der Waals surface area contributed by atoms with E-state index in [1.165, 1.54) is 6.39 Å². The zero-order chi connectivity index (χ0) is 19.4. The van der Waals surface area contributed by atoms with E-state index in [1.807, 2.05) is 32.0 Å². The normalized spacial score (nSPS) is 11.1. The van der Waals surface area contributed by atoms with E-state index in [0.717, 1.165) is 35.5 Å². The predicted octanol–water partition coefficient (Wildman–Crippen LogP) is 4.46. The van der Waals surface area contributed by atoms with E-state index >= 15 is 0 Å². The van der Waals surface area contributed by atoms with Crippen molar-refractivity contribution >= 4 is 5.78 Å². The lowest BCUT2D eigenvalue weighted by atomic mass is 10.1. The van der Waals surface area contributed by atoms with Crippen LogP contribution in [0.15, 0.2) is 41.1 Å². The van der Waals surface area contributed by atoms with Crippen LogP contribution in [0.5, 0.6) is 5.75 Å². The van der Waals surface area contributed by atoms with E-state index in [9.17, 15) is 4.79 Å². The van der Waals surface area contributed by atoms with E-state index in [2.05, 4.69) is 28.6 Å². The number of benzene rings is 1. The van der Waals surface area contributed by atoms with Gasteiger partial charge in [0.05, 0.1) is 0 Å². The van der Waals surface area contributed by atoms with Crippen LogP contribution in [0, 0.1) is 19.8 Å². The molecular weight excluding hydrogens is 342 g/mol. The first-order valence-electron chi connectivity index (χ1n) is 9.15. The standard InChI is InChI=1S/C21H25N3O3/c1-14(2)9-10-24-15(3)11-19(16(24)4)20(25)12-26-18-7-5-17(6-8-18)21-23-22-13-27-21/h5-8,11,13-14H,9-10,12H2,1-4H3. The molecule has 2 heterocycles. The van der Waals surface area contributed by atoms with Crippen LogP contribution < -0.4 is 4.74 Å². The number of rotatable bonds is 8. The van der Waals surface area contributed by atoms with Gasteiger partial charge in [-0.2, -0.15) is 0 Å². The second-order valence-electron chi connectivity index (χ2n) is 7.10. The van der Waals surface area contributed by atoms with E-state index in [4.69, 9.17) is 9.15 Å². The van der Waals surface area contributed by atoms with E-state index in [-0.39, 0.29) is 12.4 Å². The molecule has 0 saturated carbocycles. The molecule has 0 bridgehead atoms. The van der Waals surface area contributed by atoms with Crippen molar-refractivity contribution in [1.29, 1.82) is 0 Å². The van der Waals surface area contributed by atoms with Crippen molar-refractivity contribution in [2.75, 3.05) is 6.61 Å². The Morgan fingerprint density at radius 2 is 1.96 bits per heavy atom. The molecule has 142 valence electrons. The summed E-state index contributed by atoms with van der Waals surface area (Å²) in [4.78, 5) is 12.6. The van der Waals surface area contributed by atoms with Crippen LogP contribution in [0.1, 0.15) is 42.0 Å². The fourth-order valence-electron chi connectivity index (χ4n) is 3.03. The molecule has 0 spiro atoms. The topological polar surface area (TPSA) is 70.2 Å². The van der Waals surface area contributed by atoms with E-state index in [0.29, 0.717) is 17.6 Å². The molecule has 3 rings (SSSR count). The van der Waals surface area contributed by atoms with Crippen LogP contribution in [0.2, 0.25) is 0 Å². The Morgan fingerprint density at radius 1 is 1.22 bits per heavy atom. The first kappa shape index (κ1) is 18.9. The van der Waals surface area contributed by atoms with Crippen molar-refractivity contribution in [3.63, 3.8) is 0 Å². The zero-order valence-electron chi connectivity index (χ0n) is 16.2. The number of nitrogens with zero attached hydrogens (tertiary/aromatic N) is 3. The van der Waals surface area contributed by atoms with E-state index in [1.54, 1.807) is 12.1 Å².